The second kappa shape index (κ2) is 13.6. The van der Waals surface area contributed by atoms with Crippen molar-refractivity contribution in [3.05, 3.63) is 217 Å². The van der Waals surface area contributed by atoms with Gasteiger partial charge in [0.15, 0.2) is 0 Å². The van der Waals surface area contributed by atoms with Gasteiger partial charge in [0, 0.05) is 54.3 Å². The minimum absolute atomic E-state index is 0.422. The number of nitrogens with zero attached hydrogens (tertiary/aromatic N) is 4. The standard InChI is InChI=1S/C64H44N4O/c1-63(2)48-33-41(67-50-24-14-11-21-43(50)46-31-39(27-29-52(46)67)37-17-7-5-8-18-37)35-65-60(48)56-55-45-23-13-16-26-54(45)69-62(55)57-59(58(56)63)64(3,4)49-34-42(36-66-61(49)57)68-51-25-15-12-22-44(51)47-32-40(28-30-53(47)68)38-19-9-6-10-20-38/h5-36H,1-4H3. The lowest BCUT2D eigenvalue weighted by atomic mass is 9.72. The summed E-state index contributed by atoms with van der Waals surface area (Å²) in [5.41, 5.74) is 21.7. The van der Waals surface area contributed by atoms with Crippen LogP contribution in [0.2, 0.25) is 0 Å². The van der Waals surface area contributed by atoms with Gasteiger partial charge >= 0.3 is 0 Å². The molecule has 0 saturated carbocycles. The number of fused-ring (bicyclic) bond motifs is 18. The van der Waals surface area contributed by atoms with Crippen LogP contribution in [0.1, 0.15) is 49.9 Å². The molecule has 69 heavy (non-hydrogen) atoms. The van der Waals surface area contributed by atoms with Crippen molar-refractivity contribution in [2.45, 2.75) is 38.5 Å². The first-order valence-corrected chi connectivity index (χ1v) is 24.0. The Morgan fingerprint density at radius 3 is 1.36 bits per heavy atom. The first-order valence-electron chi connectivity index (χ1n) is 24.0. The summed E-state index contributed by atoms with van der Waals surface area (Å²) in [4.78, 5) is 11.0. The largest absolute Gasteiger partial charge is 0.455 e. The lowest BCUT2D eigenvalue weighted by Crippen LogP contribution is -2.24. The molecular weight excluding hydrogens is 841 g/mol. The van der Waals surface area contributed by atoms with E-state index in [1.54, 1.807) is 0 Å². The van der Waals surface area contributed by atoms with Gasteiger partial charge in [0.25, 0.3) is 0 Å². The van der Waals surface area contributed by atoms with Crippen LogP contribution in [0.15, 0.2) is 199 Å². The maximum atomic E-state index is 7.06. The highest BCUT2D eigenvalue weighted by Gasteiger charge is 2.50. The zero-order chi connectivity index (χ0) is 45.9. The molecule has 15 rings (SSSR count). The number of rotatable bonds is 4. The highest BCUT2D eigenvalue weighted by molar-refractivity contribution is 6.20. The number of furan rings is 1. The van der Waals surface area contributed by atoms with E-state index in [1.807, 2.05) is 0 Å². The van der Waals surface area contributed by atoms with Gasteiger partial charge < -0.3 is 13.6 Å². The van der Waals surface area contributed by atoms with Crippen molar-refractivity contribution < 1.29 is 4.42 Å². The summed E-state index contributed by atoms with van der Waals surface area (Å²) in [6.45, 7) is 9.57. The number of hydrogen-bond acceptors (Lipinski definition) is 3. The Labute approximate surface area is 398 Å². The summed E-state index contributed by atoms with van der Waals surface area (Å²) >= 11 is 0. The first-order chi connectivity index (χ1) is 33.8. The number of pyridine rings is 2. The van der Waals surface area contributed by atoms with Gasteiger partial charge in [-0.05, 0) is 99.1 Å². The van der Waals surface area contributed by atoms with Gasteiger partial charge in [-0.3, -0.25) is 9.97 Å². The molecule has 8 aromatic carbocycles. The Hall–Kier alpha value is -8.54. The molecule has 2 aliphatic rings. The van der Waals surface area contributed by atoms with Crippen molar-refractivity contribution in [1.29, 1.82) is 0 Å². The van der Waals surface area contributed by atoms with E-state index >= 15 is 0 Å². The Bertz CT molecular complexity index is 4360. The lowest BCUT2D eigenvalue weighted by Gasteiger charge is -2.30. The van der Waals surface area contributed by atoms with Crippen LogP contribution < -0.4 is 0 Å². The summed E-state index contributed by atoms with van der Waals surface area (Å²) in [6.07, 6.45) is 4.16. The molecule has 5 heterocycles. The van der Waals surface area contributed by atoms with E-state index in [2.05, 4.69) is 231 Å². The molecule has 0 bridgehead atoms. The van der Waals surface area contributed by atoms with Crippen LogP contribution in [0.3, 0.4) is 0 Å². The van der Waals surface area contributed by atoms with Crippen LogP contribution in [-0.4, -0.2) is 19.1 Å². The molecule has 0 radical (unpaired) electrons. The van der Waals surface area contributed by atoms with Gasteiger partial charge in [-0.2, -0.15) is 0 Å². The van der Waals surface area contributed by atoms with E-state index in [0.717, 1.165) is 72.3 Å². The SMILES string of the molecule is CC1(C)c2cc(-n3c4ccccc4c4cc(-c5ccccc5)ccc43)cnc2-c2c1c1c(c3c2oc2ccccc23)-c2ncc(-n3c4ccccc4c4cc(-c5ccccc5)ccc43)cc2C1(C)C. The van der Waals surface area contributed by atoms with E-state index in [-0.39, 0.29) is 0 Å². The molecule has 0 unspecified atom stereocenters. The molecule has 5 heteroatoms. The molecule has 13 aromatic rings. The van der Waals surface area contributed by atoms with Gasteiger partial charge in [0.1, 0.15) is 11.2 Å². The average Bonchev–Trinajstić information content (AvgIpc) is 4.15. The topological polar surface area (TPSA) is 48.8 Å². The molecule has 5 nitrogen and oxygen atoms in total. The maximum Gasteiger partial charge on any atom is 0.145 e. The van der Waals surface area contributed by atoms with Crippen LogP contribution in [-0.2, 0) is 10.8 Å². The van der Waals surface area contributed by atoms with Crippen molar-refractivity contribution in [1.82, 2.24) is 19.1 Å². The molecule has 326 valence electrons. The molecule has 0 aliphatic heterocycles. The zero-order valence-corrected chi connectivity index (χ0v) is 38.7. The van der Waals surface area contributed by atoms with Crippen LogP contribution in [0.4, 0.5) is 0 Å². The normalized spacial score (nSPS) is 14.3. The summed E-state index contributed by atoms with van der Waals surface area (Å²) in [7, 11) is 0. The number of para-hydroxylation sites is 3. The van der Waals surface area contributed by atoms with E-state index in [1.165, 1.54) is 71.6 Å². The van der Waals surface area contributed by atoms with Gasteiger partial charge in [0.2, 0.25) is 0 Å². The molecule has 0 fully saturated rings. The molecule has 0 atom stereocenters. The van der Waals surface area contributed by atoms with Crippen molar-refractivity contribution in [3.8, 4) is 56.1 Å². The van der Waals surface area contributed by atoms with Crippen molar-refractivity contribution >= 4 is 65.6 Å². The second-order valence-electron chi connectivity index (χ2n) is 20.1. The third kappa shape index (κ3) is 5.09. The van der Waals surface area contributed by atoms with Gasteiger partial charge in [-0.1, -0.05) is 155 Å². The lowest BCUT2D eigenvalue weighted by molar-refractivity contribution is 0.599. The molecule has 5 aromatic heterocycles. The Balaban J connectivity index is 0.940. The van der Waals surface area contributed by atoms with E-state index < -0.39 is 10.8 Å². The van der Waals surface area contributed by atoms with Crippen LogP contribution in [0.5, 0.6) is 0 Å². The third-order valence-corrected chi connectivity index (χ3v) is 15.7. The van der Waals surface area contributed by atoms with Gasteiger partial charge in [-0.25, -0.2) is 0 Å². The number of hydrogen-bond donors (Lipinski definition) is 0. The van der Waals surface area contributed by atoms with Crippen LogP contribution in [0, 0.1) is 0 Å². The highest BCUT2D eigenvalue weighted by atomic mass is 16.3. The molecule has 0 spiro atoms. The predicted molar refractivity (Wildman–Crippen MR) is 284 cm³/mol. The molecule has 2 aliphatic carbocycles. The van der Waals surface area contributed by atoms with Gasteiger partial charge in [-0.15, -0.1) is 0 Å². The fourth-order valence-electron chi connectivity index (χ4n) is 12.6. The average molecular weight is 885 g/mol. The minimum atomic E-state index is -0.435. The number of benzene rings is 8. The van der Waals surface area contributed by atoms with Crippen LogP contribution >= 0.6 is 0 Å². The quantitative estimate of drug-likeness (QED) is 0.177. The molecule has 0 saturated heterocycles. The highest BCUT2D eigenvalue weighted by Crippen LogP contribution is 2.63. The van der Waals surface area contributed by atoms with E-state index in [0.29, 0.717) is 0 Å². The second-order valence-corrected chi connectivity index (χ2v) is 20.1. The third-order valence-electron chi connectivity index (χ3n) is 15.7. The predicted octanol–water partition coefficient (Wildman–Crippen LogP) is 16.5. The summed E-state index contributed by atoms with van der Waals surface area (Å²) in [5.74, 6) is 0. The molecule has 0 N–H and O–H groups in total. The Kier molecular flexibility index (Phi) is 7.57. The van der Waals surface area contributed by atoms with E-state index in [4.69, 9.17) is 14.4 Å². The Morgan fingerprint density at radius 1 is 0.391 bits per heavy atom. The molecule has 0 amide bonds. The summed E-state index contributed by atoms with van der Waals surface area (Å²) in [5, 5.41) is 7.11. The van der Waals surface area contributed by atoms with Crippen molar-refractivity contribution in [2.75, 3.05) is 0 Å². The summed E-state index contributed by atoms with van der Waals surface area (Å²) in [6, 6.07) is 65.9. The smallest absolute Gasteiger partial charge is 0.145 e. The molecular formula is C64H44N4O. The fraction of sp³-hybridized carbons (Fsp3) is 0.0938. The minimum Gasteiger partial charge on any atom is -0.455 e. The number of aromatic nitrogens is 4. The van der Waals surface area contributed by atoms with Crippen molar-refractivity contribution in [3.63, 3.8) is 0 Å². The maximum absolute atomic E-state index is 7.06. The zero-order valence-electron chi connectivity index (χ0n) is 38.7. The fourth-order valence-corrected chi connectivity index (χ4v) is 12.6. The van der Waals surface area contributed by atoms with Crippen molar-refractivity contribution in [2.24, 2.45) is 0 Å². The first kappa shape index (κ1) is 38.6. The van der Waals surface area contributed by atoms with E-state index in [9.17, 15) is 0 Å². The Morgan fingerprint density at radius 2 is 0.826 bits per heavy atom. The van der Waals surface area contributed by atoms with Gasteiger partial charge in [0.05, 0.1) is 57.2 Å². The monoisotopic (exact) mass is 884 g/mol. The van der Waals surface area contributed by atoms with Crippen LogP contribution in [0.25, 0.3) is 122 Å². The summed E-state index contributed by atoms with van der Waals surface area (Å²) < 4.78 is 11.9.